The Hall–Kier alpha value is -0.0800. The van der Waals surface area contributed by atoms with Crippen LogP contribution in [0.25, 0.3) is 0 Å². The van der Waals surface area contributed by atoms with E-state index in [4.69, 9.17) is 9.47 Å². The highest BCUT2D eigenvalue weighted by Crippen LogP contribution is 2.27. The van der Waals surface area contributed by atoms with Crippen molar-refractivity contribution in [3.8, 4) is 0 Å². The van der Waals surface area contributed by atoms with Crippen molar-refractivity contribution in [2.75, 3.05) is 0 Å². The van der Waals surface area contributed by atoms with Crippen molar-refractivity contribution in [2.45, 2.75) is 84.2 Å². The predicted octanol–water partition coefficient (Wildman–Crippen LogP) is 3.54. The second kappa shape index (κ2) is 5.31. The molecule has 1 aliphatic rings. The summed E-state index contributed by atoms with van der Waals surface area (Å²) in [5, 5.41) is 0. The van der Waals surface area contributed by atoms with Crippen LogP contribution in [0.5, 0.6) is 0 Å². The van der Waals surface area contributed by atoms with Crippen molar-refractivity contribution in [2.24, 2.45) is 0 Å². The van der Waals surface area contributed by atoms with Crippen LogP contribution in [0.4, 0.5) is 0 Å². The molecule has 0 heterocycles. The van der Waals surface area contributed by atoms with Crippen molar-refractivity contribution in [1.29, 1.82) is 0 Å². The molecule has 0 aromatic carbocycles. The van der Waals surface area contributed by atoms with Gasteiger partial charge in [-0.25, -0.2) is 0 Å². The fourth-order valence-electron chi connectivity index (χ4n) is 2.17. The maximum Gasteiger partial charge on any atom is 0.0602 e. The molecule has 90 valence electrons. The van der Waals surface area contributed by atoms with Crippen LogP contribution in [0, 0.1) is 0 Å². The first-order valence-corrected chi connectivity index (χ1v) is 6.20. The molecule has 1 aliphatic carbocycles. The first-order valence-electron chi connectivity index (χ1n) is 6.20. The van der Waals surface area contributed by atoms with E-state index in [-0.39, 0.29) is 5.60 Å². The molecule has 0 unspecified atom stereocenters. The van der Waals surface area contributed by atoms with Crippen LogP contribution in [0.15, 0.2) is 0 Å². The number of hydrogen-bond donors (Lipinski definition) is 0. The Balaban J connectivity index is 2.24. The first-order chi connectivity index (χ1) is 6.87. The molecule has 0 bridgehead atoms. The topological polar surface area (TPSA) is 18.5 Å². The molecule has 0 aliphatic heterocycles. The summed E-state index contributed by atoms with van der Waals surface area (Å²) in [5.41, 5.74) is -0.00356. The van der Waals surface area contributed by atoms with Gasteiger partial charge < -0.3 is 9.47 Å². The zero-order valence-corrected chi connectivity index (χ0v) is 10.9. The Morgan fingerprint density at radius 2 is 1.40 bits per heavy atom. The Morgan fingerprint density at radius 3 is 1.80 bits per heavy atom. The lowest BCUT2D eigenvalue weighted by Gasteiger charge is -2.34. The van der Waals surface area contributed by atoms with E-state index in [0.717, 1.165) is 25.7 Å². The van der Waals surface area contributed by atoms with Gasteiger partial charge in [0.2, 0.25) is 0 Å². The lowest BCUT2D eigenvalue weighted by molar-refractivity contribution is -0.0997. The van der Waals surface area contributed by atoms with Crippen LogP contribution in [0.1, 0.15) is 60.3 Å². The Morgan fingerprint density at radius 1 is 0.933 bits per heavy atom. The summed E-state index contributed by atoms with van der Waals surface area (Å²) in [6.07, 6.45) is 5.86. The fraction of sp³-hybridized carbons (Fsp3) is 1.00. The number of ether oxygens (including phenoxy) is 2. The highest BCUT2D eigenvalue weighted by atomic mass is 16.5. The van der Waals surface area contributed by atoms with Crippen LogP contribution >= 0.6 is 0 Å². The lowest BCUT2D eigenvalue weighted by atomic mass is 9.94. The van der Waals surface area contributed by atoms with Crippen molar-refractivity contribution in [1.82, 2.24) is 0 Å². The van der Waals surface area contributed by atoms with E-state index in [9.17, 15) is 0 Å². The zero-order chi connectivity index (χ0) is 11.5. The third-order valence-corrected chi connectivity index (χ3v) is 2.61. The molecule has 15 heavy (non-hydrogen) atoms. The van der Waals surface area contributed by atoms with Crippen LogP contribution in [-0.2, 0) is 9.47 Å². The molecule has 0 radical (unpaired) electrons. The first kappa shape index (κ1) is 13.0. The summed E-state index contributed by atoms with van der Waals surface area (Å²) in [4.78, 5) is 0. The smallest absolute Gasteiger partial charge is 0.0602 e. The van der Waals surface area contributed by atoms with Gasteiger partial charge in [0.1, 0.15) is 0 Å². The fourth-order valence-corrected chi connectivity index (χ4v) is 2.17. The van der Waals surface area contributed by atoms with Gasteiger partial charge in [0.25, 0.3) is 0 Å². The summed E-state index contributed by atoms with van der Waals surface area (Å²) in [6.45, 7) is 10.6. The molecule has 0 atom stereocenters. The van der Waals surface area contributed by atoms with E-state index in [1.54, 1.807) is 0 Å². The van der Waals surface area contributed by atoms with Gasteiger partial charge in [-0.1, -0.05) is 0 Å². The standard InChI is InChI=1S/C13H26O2/c1-10(2)14-11-6-8-12(9-7-11)15-13(3,4)5/h10-12H,6-9H2,1-5H3/t11-,12+. The maximum atomic E-state index is 5.98. The second-order valence-electron chi connectivity index (χ2n) is 5.81. The van der Waals surface area contributed by atoms with Crippen molar-refractivity contribution in [3.63, 3.8) is 0 Å². The van der Waals surface area contributed by atoms with Crippen molar-refractivity contribution >= 4 is 0 Å². The molecule has 0 spiro atoms. The molecule has 2 heteroatoms. The summed E-state index contributed by atoms with van der Waals surface area (Å²) < 4.78 is 11.8. The molecule has 0 amide bonds. The Kier molecular flexibility index (Phi) is 4.60. The van der Waals surface area contributed by atoms with E-state index < -0.39 is 0 Å². The van der Waals surface area contributed by atoms with E-state index in [2.05, 4.69) is 34.6 Å². The molecule has 2 nitrogen and oxygen atoms in total. The SMILES string of the molecule is CC(C)O[C@H]1CC[C@@H](OC(C)(C)C)CC1. The minimum Gasteiger partial charge on any atom is -0.376 e. The van der Waals surface area contributed by atoms with Gasteiger partial charge in [-0.2, -0.15) is 0 Å². The second-order valence-corrected chi connectivity index (χ2v) is 5.81. The average Bonchev–Trinajstić information content (AvgIpc) is 2.05. The lowest BCUT2D eigenvalue weighted by Crippen LogP contribution is -2.33. The Labute approximate surface area is 94.3 Å². The predicted molar refractivity (Wildman–Crippen MR) is 63.1 cm³/mol. The molecule has 1 saturated carbocycles. The zero-order valence-electron chi connectivity index (χ0n) is 10.9. The van der Waals surface area contributed by atoms with Gasteiger partial charge in [-0.3, -0.25) is 0 Å². The molecule has 0 aromatic heterocycles. The summed E-state index contributed by atoms with van der Waals surface area (Å²) in [7, 11) is 0. The van der Waals surface area contributed by atoms with Gasteiger partial charge >= 0.3 is 0 Å². The molecular formula is C13H26O2. The molecule has 0 N–H and O–H groups in total. The van der Waals surface area contributed by atoms with Crippen molar-refractivity contribution in [3.05, 3.63) is 0 Å². The van der Waals surface area contributed by atoms with Crippen molar-refractivity contribution < 1.29 is 9.47 Å². The number of rotatable bonds is 3. The normalized spacial score (nSPS) is 28.4. The van der Waals surface area contributed by atoms with Crippen LogP contribution in [0.2, 0.25) is 0 Å². The third kappa shape index (κ3) is 5.53. The van der Waals surface area contributed by atoms with E-state index in [1.165, 1.54) is 0 Å². The molecule has 0 aromatic rings. The van der Waals surface area contributed by atoms with Gasteiger partial charge in [-0.15, -0.1) is 0 Å². The quantitative estimate of drug-likeness (QED) is 0.715. The van der Waals surface area contributed by atoms with Gasteiger partial charge in [-0.05, 0) is 60.3 Å². The minimum atomic E-state index is -0.00356. The van der Waals surface area contributed by atoms with Gasteiger partial charge in [0.05, 0.1) is 23.9 Å². The summed E-state index contributed by atoms with van der Waals surface area (Å²) >= 11 is 0. The third-order valence-electron chi connectivity index (χ3n) is 2.61. The van der Waals surface area contributed by atoms with Crippen LogP contribution < -0.4 is 0 Å². The van der Waals surface area contributed by atoms with E-state index >= 15 is 0 Å². The highest BCUT2D eigenvalue weighted by molar-refractivity contribution is 4.76. The summed E-state index contributed by atoms with van der Waals surface area (Å²) in [6, 6.07) is 0. The van der Waals surface area contributed by atoms with Crippen LogP contribution in [0.3, 0.4) is 0 Å². The summed E-state index contributed by atoms with van der Waals surface area (Å²) in [5.74, 6) is 0. The van der Waals surface area contributed by atoms with Gasteiger partial charge in [0.15, 0.2) is 0 Å². The molecule has 0 saturated heterocycles. The Bertz CT molecular complexity index is 173. The van der Waals surface area contributed by atoms with E-state index in [1.807, 2.05) is 0 Å². The average molecular weight is 214 g/mol. The highest BCUT2D eigenvalue weighted by Gasteiger charge is 2.26. The molecule has 1 rings (SSSR count). The van der Waals surface area contributed by atoms with Crippen LogP contribution in [-0.4, -0.2) is 23.9 Å². The largest absolute Gasteiger partial charge is 0.376 e. The minimum absolute atomic E-state index is 0.00356. The molecule has 1 fully saturated rings. The monoisotopic (exact) mass is 214 g/mol. The molecular weight excluding hydrogens is 188 g/mol. The van der Waals surface area contributed by atoms with Gasteiger partial charge in [0, 0.05) is 0 Å². The van der Waals surface area contributed by atoms with E-state index in [0.29, 0.717) is 18.3 Å². The number of hydrogen-bond acceptors (Lipinski definition) is 2. The maximum absolute atomic E-state index is 5.98.